The van der Waals surface area contributed by atoms with Crippen molar-refractivity contribution in [1.82, 2.24) is 0 Å². The van der Waals surface area contributed by atoms with Gasteiger partial charge in [0.05, 0.1) is 11.9 Å². The van der Waals surface area contributed by atoms with Crippen molar-refractivity contribution in [3.05, 3.63) is 53.1 Å². The molecule has 1 unspecified atom stereocenters. The number of hydrogen-bond donors (Lipinski definition) is 1. The van der Waals surface area contributed by atoms with E-state index >= 15 is 0 Å². The van der Waals surface area contributed by atoms with Gasteiger partial charge in [-0.15, -0.1) is 0 Å². The minimum Gasteiger partial charge on any atom is -0.478 e. The van der Waals surface area contributed by atoms with E-state index in [4.69, 9.17) is 4.74 Å². The lowest BCUT2D eigenvalue weighted by molar-refractivity contribution is -0.122. The summed E-state index contributed by atoms with van der Waals surface area (Å²) >= 11 is 0. The van der Waals surface area contributed by atoms with Gasteiger partial charge in [-0.1, -0.05) is 12.1 Å². The first kappa shape index (κ1) is 19.2. The predicted molar refractivity (Wildman–Crippen MR) is 107 cm³/mol. The summed E-state index contributed by atoms with van der Waals surface area (Å²) in [5.41, 5.74) is 4.20. The minimum absolute atomic E-state index is 0.181. The number of benzene rings is 2. The number of sulfonamides is 1. The van der Waals surface area contributed by atoms with Gasteiger partial charge in [-0.3, -0.25) is 9.10 Å². The predicted octanol–water partition coefficient (Wildman–Crippen LogP) is 3.17. The summed E-state index contributed by atoms with van der Waals surface area (Å²) in [6.07, 6.45) is 0.644. The standard InChI is InChI=1S/C20H24N2O4S/c1-13-5-6-18-17(12-13)22(27(4,24)25)8-7-19(26-18)20(23)21-16-10-14(2)9-15(3)11-16/h5-6,9-12,19H,7-8H2,1-4H3,(H,21,23). The zero-order valence-corrected chi connectivity index (χ0v) is 16.8. The fraction of sp³-hybridized carbons (Fsp3) is 0.350. The van der Waals surface area contributed by atoms with E-state index in [0.29, 0.717) is 17.1 Å². The average molecular weight is 388 g/mol. The van der Waals surface area contributed by atoms with Crippen molar-refractivity contribution in [3.63, 3.8) is 0 Å². The van der Waals surface area contributed by atoms with Crippen molar-refractivity contribution in [2.24, 2.45) is 0 Å². The van der Waals surface area contributed by atoms with Crippen LogP contribution in [0.2, 0.25) is 0 Å². The topological polar surface area (TPSA) is 75.7 Å². The molecule has 1 aliphatic rings. The van der Waals surface area contributed by atoms with Crippen molar-refractivity contribution in [1.29, 1.82) is 0 Å². The van der Waals surface area contributed by atoms with E-state index in [-0.39, 0.29) is 18.9 Å². The summed E-state index contributed by atoms with van der Waals surface area (Å²) in [5.74, 6) is 0.103. The molecule has 1 N–H and O–H groups in total. The first-order valence-corrected chi connectivity index (χ1v) is 10.6. The molecular formula is C20H24N2O4S. The van der Waals surface area contributed by atoms with Gasteiger partial charge in [0.25, 0.3) is 5.91 Å². The summed E-state index contributed by atoms with van der Waals surface area (Å²) in [4.78, 5) is 12.8. The monoisotopic (exact) mass is 388 g/mol. The lowest BCUT2D eigenvalue weighted by atomic mass is 10.1. The fourth-order valence-corrected chi connectivity index (χ4v) is 4.22. The molecule has 0 aromatic heterocycles. The van der Waals surface area contributed by atoms with E-state index in [1.807, 2.05) is 45.0 Å². The molecule has 27 heavy (non-hydrogen) atoms. The van der Waals surface area contributed by atoms with Gasteiger partial charge in [0.2, 0.25) is 10.0 Å². The Kier molecular flexibility index (Phi) is 5.15. The van der Waals surface area contributed by atoms with Crippen LogP contribution in [0.5, 0.6) is 5.75 Å². The molecule has 0 bridgehead atoms. The third-order valence-corrected chi connectivity index (χ3v) is 5.61. The second-order valence-corrected chi connectivity index (χ2v) is 8.97. The molecule has 0 saturated carbocycles. The highest BCUT2D eigenvalue weighted by Crippen LogP contribution is 2.35. The van der Waals surface area contributed by atoms with Crippen LogP contribution in [-0.4, -0.2) is 33.2 Å². The number of carbonyl (C=O) groups is 1. The molecular weight excluding hydrogens is 364 g/mol. The van der Waals surface area contributed by atoms with Gasteiger partial charge >= 0.3 is 0 Å². The largest absolute Gasteiger partial charge is 0.478 e. The maximum Gasteiger partial charge on any atom is 0.265 e. The van der Waals surface area contributed by atoms with Crippen LogP contribution in [0.1, 0.15) is 23.1 Å². The molecule has 2 aromatic rings. The van der Waals surface area contributed by atoms with Gasteiger partial charge in [0.15, 0.2) is 6.10 Å². The van der Waals surface area contributed by atoms with E-state index in [2.05, 4.69) is 5.32 Å². The maximum absolute atomic E-state index is 12.8. The Balaban J connectivity index is 1.88. The third-order valence-electron chi connectivity index (χ3n) is 4.43. The van der Waals surface area contributed by atoms with Crippen LogP contribution in [-0.2, 0) is 14.8 Å². The molecule has 7 heteroatoms. The Morgan fingerprint density at radius 3 is 2.37 bits per heavy atom. The van der Waals surface area contributed by atoms with Gasteiger partial charge in [0, 0.05) is 18.7 Å². The molecule has 3 rings (SSSR count). The van der Waals surface area contributed by atoms with Crippen LogP contribution >= 0.6 is 0 Å². The molecule has 1 atom stereocenters. The molecule has 0 aliphatic carbocycles. The third kappa shape index (κ3) is 4.42. The van der Waals surface area contributed by atoms with Crippen LogP contribution in [0.25, 0.3) is 0 Å². The van der Waals surface area contributed by atoms with E-state index in [1.54, 1.807) is 12.1 Å². The van der Waals surface area contributed by atoms with Crippen LogP contribution in [0.3, 0.4) is 0 Å². The first-order valence-electron chi connectivity index (χ1n) is 8.77. The van der Waals surface area contributed by atoms with Crippen LogP contribution in [0, 0.1) is 20.8 Å². The molecule has 6 nitrogen and oxygen atoms in total. The molecule has 1 amide bonds. The number of fused-ring (bicyclic) bond motifs is 1. The molecule has 1 aliphatic heterocycles. The number of rotatable bonds is 3. The van der Waals surface area contributed by atoms with E-state index in [1.165, 1.54) is 4.31 Å². The number of nitrogens with one attached hydrogen (secondary N) is 1. The number of amides is 1. The summed E-state index contributed by atoms with van der Waals surface area (Å²) in [6.45, 7) is 6.00. The zero-order valence-electron chi connectivity index (χ0n) is 15.9. The molecule has 2 aromatic carbocycles. The molecule has 0 fully saturated rings. The number of nitrogens with zero attached hydrogens (tertiary/aromatic N) is 1. The van der Waals surface area contributed by atoms with Crippen molar-refractivity contribution in [2.45, 2.75) is 33.3 Å². The number of aryl methyl sites for hydroxylation is 3. The Morgan fingerprint density at radius 2 is 1.74 bits per heavy atom. The fourth-order valence-electron chi connectivity index (χ4n) is 3.29. The van der Waals surface area contributed by atoms with Gasteiger partial charge < -0.3 is 10.1 Å². The van der Waals surface area contributed by atoms with Crippen LogP contribution < -0.4 is 14.4 Å². The summed E-state index contributed by atoms with van der Waals surface area (Å²) in [7, 11) is -3.48. The lowest BCUT2D eigenvalue weighted by Gasteiger charge is -2.21. The highest BCUT2D eigenvalue weighted by Gasteiger charge is 2.31. The smallest absolute Gasteiger partial charge is 0.265 e. The Hall–Kier alpha value is -2.54. The van der Waals surface area contributed by atoms with Gasteiger partial charge in [-0.05, 0) is 61.7 Å². The Bertz CT molecular complexity index is 965. The van der Waals surface area contributed by atoms with Crippen molar-refractivity contribution in [3.8, 4) is 5.75 Å². The SMILES string of the molecule is Cc1cc(C)cc(NC(=O)C2CCN(S(C)(=O)=O)c3cc(C)ccc3O2)c1. The normalized spacial score (nSPS) is 16.9. The maximum atomic E-state index is 12.8. The van der Waals surface area contributed by atoms with Crippen molar-refractivity contribution >= 4 is 27.3 Å². The zero-order chi connectivity index (χ0) is 19.8. The summed E-state index contributed by atoms with van der Waals surface area (Å²) in [6, 6.07) is 11.1. The highest BCUT2D eigenvalue weighted by molar-refractivity contribution is 7.92. The van der Waals surface area contributed by atoms with Crippen molar-refractivity contribution < 1.29 is 17.9 Å². The molecule has 144 valence electrons. The number of hydrogen-bond acceptors (Lipinski definition) is 4. The average Bonchev–Trinajstić information content (AvgIpc) is 2.72. The van der Waals surface area contributed by atoms with Crippen LogP contribution in [0.4, 0.5) is 11.4 Å². The quantitative estimate of drug-likeness (QED) is 0.876. The van der Waals surface area contributed by atoms with Crippen molar-refractivity contribution in [2.75, 3.05) is 22.4 Å². The van der Waals surface area contributed by atoms with Crippen LogP contribution in [0.15, 0.2) is 36.4 Å². The van der Waals surface area contributed by atoms with E-state index in [0.717, 1.165) is 22.9 Å². The molecule has 0 saturated heterocycles. The number of ether oxygens (including phenoxy) is 1. The van der Waals surface area contributed by atoms with E-state index < -0.39 is 16.1 Å². The second-order valence-electron chi connectivity index (χ2n) is 7.07. The molecule has 0 radical (unpaired) electrons. The van der Waals surface area contributed by atoms with Gasteiger partial charge in [-0.2, -0.15) is 0 Å². The minimum atomic E-state index is -3.48. The van der Waals surface area contributed by atoms with Gasteiger partial charge in [0.1, 0.15) is 5.75 Å². The second kappa shape index (κ2) is 7.23. The Morgan fingerprint density at radius 1 is 1.07 bits per heavy atom. The van der Waals surface area contributed by atoms with E-state index in [9.17, 15) is 13.2 Å². The van der Waals surface area contributed by atoms with Gasteiger partial charge in [-0.25, -0.2) is 8.42 Å². The molecule has 0 spiro atoms. The molecule has 1 heterocycles. The summed E-state index contributed by atoms with van der Waals surface area (Å²) < 4.78 is 31.7. The number of anilines is 2. The summed E-state index contributed by atoms with van der Waals surface area (Å²) in [5, 5.41) is 2.88. The lowest BCUT2D eigenvalue weighted by Crippen LogP contribution is -2.36. The first-order chi connectivity index (χ1) is 12.6. The number of carbonyl (C=O) groups excluding carboxylic acids is 1. The Labute approximate surface area is 160 Å². The highest BCUT2D eigenvalue weighted by atomic mass is 32.2.